The molecule has 1 aromatic heterocycles. The number of piperidine rings is 1. The third-order valence-corrected chi connectivity index (χ3v) is 4.99. The van der Waals surface area contributed by atoms with Crippen LogP contribution in [0.5, 0.6) is 0 Å². The highest BCUT2D eigenvalue weighted by Crippen LogP contribution is 2.18. The molecule has 1 aliphatic rings. The maximum atomic E-state index is 12.8. The summed E-state index contributed by atoms with van der Waals surface area (Å²) in [5.74, 6) is 0.0988. The average Bonchev–Trinajstić information content (AvgIpc) is 3.00. The molecule has 1 aromatic carbocycles. The summed E-state index contributed by atoms with van der Waals surface area (Å²) < 4.78 is 7.82. The van der Waals surface area contributed by atoms with Crippen molar-refractivity contribution in [3.8, 4) is 5.69 Å². The van der Waals surface area contributed by atoms with Crippen LogP contribution >= 0.6 is 0 Å². The first-order valence-corrected chi connectivity index (χ1v) is 9.63. The zero-order valence-corrected chi connectivity index (χ0v) is 16.8. The van der Waals surface area contributed by atoms with Gasteiger partial charge in [-0.1, -0.05) is 0 Å². The second-order valence-corrected chi connectivity index (χ2v) is 7.55. The standard InChI is InChI=1S/C21H30N4O2/c1-16-15-17(2)25(22-16)19-7-5-18(6-8-19)21(26)24-11-9-20(10-12-24)27-14-13-23(3)4/h5-8,15,20H,9-14H2,1-4H3. The number of hydrogen-bond acceptors (Lipinski definition) is 4. The van der Waals surface area contributed by atoms with Crippen molar-refractivity contribution < 1.29 is 9.53 Å². The predicted molar refractivity (Wildman–Crippen MR) is 106 cm³/mol. The topological polar surface area (TPSA) is 50.6 Å². The summed E-state index contributed by atoms with van der Waals surface area (Å²) in [7, 11) is 4.09. The Kier molecular flexibility index (Phi) is 6.29. The lowest BCUT2D eigenvalue weighted by Gasteiger charge is -2.32. The van der Waals surface area contributed by atoms with Gasteiger partial charge in [-0.05, 0) is 71.1 Å². The number of aryl methyl sites for hydroxylation is 2. The first-order valence-electron chi connectivity index (χ1n) is 9.63. The maximum absolute atomic E-state index is 12.8. The number of ether oxygens (including phenoxy) is 1. The van der Waals surface area contributed by atoms with Gasteiger partial charge in [0.05, 0.1) is 24.1 Å². The van der Waals surface area contributed by atoms with E-state index in [2.05, 4.69) is 10.00 Å². The summed E-state index contributed by atoms with van der Waals surface area (Å²) in [5, 5.41) is 4.49. The Morgan fingerprint density at radius 3 is 2.41 bits per heavy atom. The quantitative estimate of drug-likeness (QED) is 0.784. The molecule has 0 bridgehead atoms. The monoisotopic (exact) mass is 370 g/mol. The molecule has 0 radical (unpaired) electrons. The van der Waals surface area contributed by atoms with Crippen molar-refractivity contribution in [3.05, 3.63) is 47.3 Å². The number of aromatic nitrogens is 2. The van der Waals surface area contributed by atoms with Gasteiger partial charge in [-0.25, -0.2) is 4.68 Å². The summed E-state index contributed by atoms with van der Waals surface area (Å²) in [6.07, 6.45) is 2.08. The highest BCUT2D eigenvalue weighted by Gasteiger charge is 2.24. The third kappa shape index (κ3) is 4.96. The molecule has 6 heteroatoms. The van der Waals surface area contributed by atoms with Crippen molar-refractivity contribution >= 4 is 5.91 Å². The number of nitrogens with zero attached hydrogens (tertiary/aromatic N) is 4. The molecule has 27 heavy (non-hydrogen) atoms. The van der Waals surface area contributed by atoms with Crippen molar-refractivity contribution in [2.75, 3.05) is 40.3 Å². The van der Waals surface area contributed by atoms with E-state index in [9.17, 15) is 4.79 Å². The second kappa shape index (κ2) is 8.67. The van der Waals surface area contributed by atoms with E-state index in [0.717, 1.165) is 61.7 Å². The fraction of sp³-hybridized carbons (Fsp3) is 0.524. The number of hydrogen-bond donors (Lipinski definition) is 0. The molecule has 0 spiro atoms. The van der Waals surface area contributed by atoms with E-state index in [1.165, 1.54) is 0 Å². The Morgan fingerprint density at radius 2 is 1.85 bits per heavy atom. The van der Waals surface area contributed by atoms with Gasteiger partial charge in [0.15, 0.2) is 0 Å². The molecule has 1 aliphatic heterocycles. The molecule has 1 amide bonds. The summed E-state index contributed by atoms with van der Waals surface area (Å²) in [4.78, 5) is 16.8. The maximum Gasteiger partial charge on any atom is 0.253 e. The van der Waals surface area contributed by atoms with Gasteiger partial charge in [-0.15, -0.1) is 0 Å². The molecule has 6 nitrogen and oxygen atoms in total. The summed E-state index contributed by atoms with van der Waals surface area (Å²) in [5.41, 5.74) is 3.78. The molecule has 0 unspecified atom stereocenters. The first kappa shape index (κ1) is 19.6. The minimum atomic E-state index is 0.0988. The van der Waals surface area contributed by atoms with Crippen LogP contribution in [0.25, 0.3) is 5.69 Å². The summed E-state index contributed by atoms with van der Waals surface area (Å²) in [6, 6.07) is 9.76. The third-order valence-electron chi connectivity index (χ3n) is 4.99. The van der Waals surface area contributed by atoms with E-state index in [4.69, 9.17) is 4.74 Å². The van der Waals surface area contributed by atoms with E-state index < -0.39 is 0 Å². The SMILES string of the molecule is Cc1cc(C)n(-c2ccc(C(=O)N3CCC(OCCN(C)C)CC3)cc2)n1. The Bertz CT molecular complexity index is 759. The van der Waals surface area contributed by atoms with Gasteiger partial charge in [0, 0.05) is 30.9 Å². The average molecular weight is 370 g/mol. The van der Waals surface area contributed by atoms with Crippen LogP contribution in [0.15, 0.2) is 30.3 Å². The van der Waals surface area contributed by atoms with Gasteiger partial charge in [-0.2, -0.15) is 5.10 Å². The lowest BCUT2D eigenvalue weighted by Crippen LogP contribution is -2.41. The highest BCUT2D eigenvalue weighted by atomic mass is 16.5. The van der Waals surface area contributed by atoms with Gasteiger partial charge in [0.2, 0.25) is 0 Å². The minimum Gasteiger partial charge on any atom is -0.377 e. The summed E-state index contributed by atoms with van der Waals surface area (Å²) in [6.45, 7) is 7.20. The molecule has 1 fully saturated rings. The zero-order valence-electron chi connectivity index (χ0n) is 16.8. The van der Waals surface area contributed by atoms with Crippen molar-refractivity contribution in [1.82, 2.24) is 19.6 Å². The fourth-order valence-corrected chi connectivity index (χ4v) is 3.45. The Morgan fingerprint density at radius 1 is 1.19 bits per heavy atom. The molecular weight excluding hydrogens is 340 g/mol. The van der Waals surface area contributed by atoms with E-state index in [1.54, 1.807) is 0 Å². The molecule has 2 aromatic rings. The zero-order chi connectivity index (χ0) is 19.4. The lowest BCUT2D eigenvalue weighted by molar-refractivity contribution is 0.00393. The number of carbonyl (C=O) groups is 1. The number of benzene rings is 1. The highest BCUT2D eigenvalue weighted by molar-refractivity contribution is 5.94. The predicted octanol–water partition coefficient (Wildman–Crippen LogP) is 2.67. The van der Waals surface area contributed by atoms with Gasteiger partial charge in [0.1, 0.15) is 0 Å². The van der Waals surface area contributed by atoms with Crippen molar-refractivity contribution in [3.63, 3.8) is 0 Å². The van der Waals surface area contributed by atoms with Gasteiger partial charge in [-0.3, -0.25) is 4.79 Å². The smallest absolute Gasteiger partial charge is 0.253 e. The fourth-order valence-electron chi connectivity index (χ4n) is 3.45. The van der Waals surface area contributed by atoms with Gasteiger partial charge >= 0.3 is 0 Å². The van der Waals surface area contributed by atoms with Crippen LogP contribution in [0.3, 0.4) is 0 Å². The molecule has 2 heterocycles. The van der Waals surface area contributed by atoms with Crippen LogP contribution in [0.2, 0.25) is 0 Å². The Hall–Kier alpha value is -2.18. The van der Waals surface area contributed by atoms with E-state index in [-0.39, 0.29) is 12.0 Å². The first-order chi connectivity index (χ1) is 12.9. The van der Waals surface area contributed by atoms with Crippen LogP contribution in [0, 0.1) is 13.8 Å². The summed E-state index contributed by atoms with van der Waals surface area (Å²) >= 11 is 0. The second-order valence-electron chi connectivity index (χ2n) is 7.55. The van der Waals surface area contributed by atoms with Crippen LogP contribution in [0.1, 0.15) is 34.6 Å². The van der Waals surface area contributed by atoms with Crippen LogP contribution in [0.4, 0.5) is 0 Å². The van der Waals surface area contributed by atoms with Crippen molar-refractivity contribution in [2.45, 2.75) is 32.8 Å². The van der Waals surface area contributed by atoms with Crippen molar-refractivity contribution in [1.29, 1.82) is 0 Å². The number of amides is 1. The van der Waals surface area contributed by atoms with E-state index >= 15 is 0 Å². The molecule has 1 saturated heterocycles. The Labute approximate surface area is 161 Å². The molecule has 3 rings (SSSR count). The number of rotatable bonds is 6. The molecular formula is C21H30N4O2. The lowest BCUT2D eigenvalue weighted by atomic mass is 10.1. The largest absolute Gasteiger partial charge is 0.377 e. The molecule has 0 saturated carbocycles. The Balaban J connectivity index is 1.55. The molecule has 0 N–H and O–H groups in total. The molecule has 0 aliphatic carbocycles. The number of carbonyl (C=O) groups excluding carboxylic acids is 1. The van der Waals surface area contributed by atoms with Crippen LogP contribution in [-0.2, 0) is 4.74 Å². The number of likely N-dealkylation sites (N-methyl/N-ethyl adjacent to an activating group) is 1. The minimum absolute atomic E-state index is 0.0988. The number of likely N-dealkylation sites (tertiary alicyclic amines) is 1. The van der Waals surface area contributed by atoms with Crippen LogP contribution in [-0.4, -0.2) is 71.9 Å². The van der Waals surface area contributed by atoms with E-state index in [1.807, 2.05) is 67.9 Å². The van der Waals surface area contributed by atoms with Crippen molar-refractivity contribution in [2.24, 2.45) is 0 Å². The van der Waals surface area contributed by atoms with Gasteiger partial charge in [0.25, 0.3) is 5.91 Å². The van der Waals surface area contributed by atoms with Crippen LogP contribution < -0.4 is 0 Å². The molecule has 0 atom stereocenters. The van der Waals surface area contributed by atoms with Gasteiger partial charge < -0.3 is 14.5 Å². The normalized spacial score (nSPS) is 15.5. The molecule has 146 valence electrons. The van der Waals surface area contributed by atoms with E-state index in [0.29, 0.717) is 0 Å².